The Labute approximate surface area is 125 Å². The molecule has 2 aromatic rings. The lowest BCUT2D eigenvalue weighted by Crippen LogP contribution is -2.51. The van der Waals surface area contributed by atoms with Gasteiger partial charge in [0.1, 0.15) is 5.69 Å². The topological polar surface area (TPSA) is 37.3 Å². The van der Waals surface area contributed by atoms with Crippen molar-refractivity contribution < 1.29 is 4.79 Å². The predicted molar refractivity (Wildman–Crippen MR) is 84.2 cm³/mol. The Hall–Kier alpha value is -2.07. The summed E-state index contributed by atoms with van der Waals surface area (Å²) in [6.07, 6.45) is 0. The Bertz CT molecular complexity index is 633. The predicted octanol–water partition coefficient (Wildman–Crippen LogP) is 2.13. The van der Waals surface area contributed by atoms with E-state index in [2.05, 4.69) is 24.4 Å². The largest absolute Gasteiger partial charge is 0.340 e. The third-order valence-electron chi connectivity index (χ3n) is 4.07. The molecule has 0 unspecified atom stereocenters. The van der Waals surface area contributed by atoms with Crippen molar-refractivity contribution in [3.05, 3.63) is 48.2 Å². The SMILES string of the molecule is C[C@H]1CN(C(=O)c2ccc(-c3ccccc3)n2C)CCN1. The van der Waals surface area contributed by atoms with E-state index in [1.807, 2.05) is 46.8 Å². The van der Waals surface area contributed by atoms with E-state index in [-0.39, 0.29) is 5.91 Å². The Morgan fingerprint density at radius 1 is 1.19 bits per heavy atom. The van der Waals surface area contributed by atoms with Crippen LogP contribution in [0.5, 0.6) is 0 Å². The zero-order valence-corrected chi connectivity index (χ0v) is 12.5. The summed E-state index contributed by atoms with van der Waals surface area (Å²) in [6.45, 7) is 4.52. The smallest absolute Gasteiger partial charge is 0.270 e. The number of hydrogen-bond donors (Lipinski definition) is 1. The average Bonchev–Trinajstić information content (AvgIpc) is 2.89. The molecule has 1 aromatic heterocycles. The molecule has 2 heterocycles. The lowest BCUT2D eigenvalue weighted by atomic mass is 10.2. The van der Waals surface area contributed by atoms with Crippen molar-refractivity contribution >= 4 is 5.91 Å². The fraction of sp³-hybridized carbons (Fsp3) is 0.353. The van der Waals surface area contributed by atoms with Gasteiger partial charge in [-0.2, -0.15) is 0 Å². The maximum Gasteiger partial charge on any atom is 0.270 e. The standard InChI is InChI=1S/C17H21N3O/c1-13-12-20(11-10-18-13)17(21)16-9-8-15(19(16)2)14-6-4-3-5-7-14/h3-9,13,18H,10-12H2,1-2H3/t13-/m0/s1. The minimum atomic E-state index is 0.119. The molecule has 1 atom stereocenters. The molecule has 0 radical (unpaired) electrons. The molecule has 1 aliphatic rings. The molecule has 1 fully saturated rings. The van der Waals surface area contributed by atoms with E-state index in [9.17, 15) is 4.79 Å². The van der Waals surface area contributed by atoms with Crippen molar-refractivity contribution in [3.63, 3.8) is 0 Å². The van der Waals surface area contributed by atoms with E-state index < -0.39 is 0 Å². The Morgan fingerprint density at radius 2 is 1.95 bits per heavy atom. The maximum absolute atomic E-state index is 12.7. The molecule has 1 saturated heterocycles. The molecule has 0 bridgehead atoms. The van der Waals surface area contributed by atoms with Crippen LogP contribution in [-0.4, -0.2) is 41.1 Å². The van der Waals surface area contributed by atoms with Crippen molar-refractivity contribution in [3.8, 4) is 11.3 Å². The fourth-order valence-electron chi connectivity index (χ4n) is 2.90. The van der Waals surface area contributed by atoms with Gasteiger partial charge in [-0.1, -0.05) is 30.3 Å². The normalized spacial score (nSPS) is 18.8. The summed E-state index contributed by atoms with van der Waals surface area (Å²) in [6, 6.07) is 14.5. The van der Waals surface area contributed by atoms with Crippen LogP contribution in [0.1, 0.15) is 17.4 Å². The number of nitrogens with one attached hydrogen (secondary N) is 1. The van der Waals surface area contributed by atoms with E-state index >= 15 is 0 Å². The summed E-state index contributed by atoms with van der Waals surface area (Å²) in [5.74, 6) is 0.119. The maximum atomic E-state index is 12.7. The molecular weight excluding hydrogens is 262 g/mol. The number of rotatable bonds is 2. The lowest BCUT2D eigenvalue weighted by Gasteiger charge is -2.32. The third-order valence-corrected chi connectivity index (χ3v) is 4.07. The number of piperazine rings is 1. The Balaban J connectivity index is 1.87. The summed E-state index contributed by atoms with van der Waals surface area (Å²) in [4.78, 5) is 14.6. The van der Waals surface area contributed by atoms with Crippen LogP contribution >= 0.6 is 0 Å². The first-order valence-electron chi connectivity index (χ1n) is 7.40. The van der Waals surface area contributed by atoms with Crippen molar-refractivity contribution in [1.29, 1.82) is 0 Å². The zero-order chi connectivity index (χ0) is 14.8. The molecule has 0 spiro atoms. The van der Waals surface area contributed by atoms with Crippen LogP contribution < -0.4 is 5.32 Å². The van der Waals surface area contributed by atoms with Crippen molar-refractivity contribution in [2.24, 2.45) is 7.05 Å². The van der Waals surface area contributed by atoms with Gasteiger partial charge in [-0.25, -0.2) is 0 Å². The second-order valence-corrected chi connectivity index (χ2v) is 5.64. The van der Waals surface area contributed by atoms with Crippen molar-refractivity contribution in [2.45, 2.75) is 13.0 Å². The van der Waals surface area contributed by atoms with Gasteiger partial charge in [-0.3, -0.25) is 4.79 Å². The number of aromatic nitrogens is 1. The number of amides is 1. The molecule has 1 N–H and O–H groups in total. The highest BCUT2D eigenvalue weighted by Crippen LogP contribution is 2.22. The molecule has 4 heteroatoms. The van der Waals surface area contributed by atoms with Gasteiger partial charge < -0.3 is 14.8 Å². The molecule has 0 aliphatic carbocycles. The molecule has 21 heavy (non-hydrogen) atoms. The molecule has 3 rings (SSSR count). The van der Waals surface area contributed by atoms with Gasteiger partial charge in [0.25, 0.3) is 5.91 Å². The number of hydrogen-bond acceptors (Lipinski definition) is 2. The van der Waals surface area contributed by atoms with Crippen LogP contribution in [-0.2, 0) is 7.05 Å². The van der Waals surface area contributed by atoms with Crippen LogP contribution in [0.4, 0.5) is 0 Å². The second-order valence-electron chi connectivity index (χ2n) is 5.64. The van der Waals surface area contributed by atoms with E-state index in [1.54, 1.807) is 0 Å². The van der Waals surface area contributed by atoms with Crippen LogP contribution in [0.3, 0.4) is 0 Å². The number of carbonyl (C=O) groups is 1. The summed E-state index contributed by atoms with van der Waals surface area (Å²) >= 11 is 0. The first-order chi connectivity index (χ1) is 10.2. The van der Waals surface area contributed by atoms with Gasteiger partial charge >= 0.3 is 0 Å². The number of benzene rings is 1. The summed E-state index contributed by atoms with van der Waals surface area (Å²) < 4.78 is 1.99. The van der Waals surface area contributed by atoms with Crippen LogP contribution in [0.15, 0.2) is 42.5 Å². The quantitative estimate of drug-likeness (QED) is 0.916. The molecule has 0 saturated carbocycles. The van der Waals surface area contributed by atoms with Crippen LogP contribution in [0, 0.1) is 0 Å². The highest BCUT2D eigenvalue weighted by atomic mass is 16.2. The minimum Gasteiger partial charge on any atom is -0.340 e. The first kappa shape index (κ1) is 13.9. The molecular formula is C17H21N3O. The van der Waals surface area contributed by atoms with Gasteiger partial charge in [-0.05, 0) is 24.6 Å². The van der Waals surface area contributed by atoms with E-state index in [0.717, 1.165) is 36.6 Å². The number of nitrogens with zero attached hydrogens (tertiary/aromatic N) is 2. The van der Waals surface area contributed by atoms with Gasteiger partial charge in [0, 0.05) is 38.4 Å². The van der Waals surface area contributed by atoms with Crippen LogP contribution in [0.25, 0.3) is 11.3 Å². The first-order valence-corrected chi connectivity index (χ1v) is 7.40. The molecule has 110 valence electrons. The summed E-state index contributed by atoms with van der Waals surface area (Å²) in [7, 11) is 1.96. The van der Waals surface area contributed by atoms with Crippen molar-refractivity contribution in [1.82, 2.24) is 14.8 Å². The summed E-state index contributed by atoms with van der Waals surface area (Å²) in [5, 5.41) is 3.36. The van der Waals surface area contributed by atoms with Gasteiger partial charge in [-0.15, -0.1) is 0 Å². The zero-order valence-electron chi connectivity index (χ0n) is 12.5. The van der Waals surface area contributed by atoms with E-state index in [0.29, 0.717) is 6.04 Å². The Kier molecular flexibility index (Phi) is 3.80. The minimum absolute atomic E-state index is 0.119. The van der Waals surface area contributed by atoms with Gasteiger partial charge in [0.05, 0.1) is 0 Å². The van der Waals surface area contributed by atoms with E-state index in [4.69, 9.17) is 0 Å². The van der Waals surface area contributed by atoms with Gasteiger partial charge in [0.15, 0.2) is 0 Å². The van der Waals surface area contributed by atoms with Crippen LogP contribution in [0.2, 0.25) is 0 Å². The van der Waals surface area contributed by atoms with E-state index in [1.165, 1.54) is 0 Å². The number of carbonyl (C=O) groups excluding carboxylic acids is 1. The van der Waals surface area contributed by atoms with Crippen molar-refractivity contribution in [2.75, 3.05) is 19.6 Å². The third kappa shape index (κ3) is 2.72. The average molecular weight is 283 g/mol. The molecule has 1 aromatic carbocycles. The second kappa shape index (κ2) is 5.74. The molecule has 1 aliphatic heterocycles. The molecule has 1 amide bonds. The highest BCUT2D eigenvalue weighted by molar-refractivity contribution is 5.94. The van der Waals surface area contributed by atoms with Gasteiger partial charge in [0.2, 0.25) is 0 Å². The highest BCUT2D eigenvalue weighted by Gasteiger charge is 2.24. The fourth-order valence-corrected chi connectivity index (χ4v) is 2.90. The lowest BCUT2D eigenvalue weighted by molar-refractivity contribution is 0.0699. The Morgan fingerprint density at radius 3 is 2.67 bits per heavy atom. The summed E-state index contributed by atoms with van der Waals surface area (Å²) in [5.41, 5.74) is 2.96. The molecule has 4 nitrogen and oxygen atoms in total. The monoisotopic (exact) mass is 283 g/mol.